The first-order valence-electron chi connectivity index (χ1n) is 9.68. The molecule has 0 spiro atoms. The molecule has 0 aromatic heterocycles. The van der Waals surface area contributed by atoms with Gasteiger partial charge in [-0.25, -0.2) is 0 Å². The highest BCUT2D eigenvalue weighted by atomic mass is 35.5. The molecule has 1 atom stereocenters. The number of hydrogen-bond donors (Lipinski definition) is 1. The molecular formula is C24H23ClN2O2. The monoisotopic (exact) mass is 406 g/mol. The maximum absolute atomic E-state index is 6.52. The van der Waals surface area contributed by atoms with Crippen molar-refractivity contribution in [3.8, 4) is 23.0 Å². The van der Waals surface area contributed by atoms with Gasteiger partial charge >= 0.3 is 0 Å². The van der Waals surface area contributed by atoms with E-state index in [2.05, 4.69) is 17.2 Å². The molecule has 0 bridgehead atoms. The fourth-order valence-electron chi connectivity index (χ4n) is 3.40. The summed E-state index contributed by atoms with van der Waals surface area (Å²) >= 11 is 6.52. The first-order chi connectivity index (χ1) is 14.2. The number of nitrogens with two attached hydrogens (primary N) is 1. The van der Waals surface area contributed by atoms with Gasteiger partial charge in [0.15, 0.2) is 0 Å². The Morgan fingerprint density at radius 3 is 2.41 bits per heavy atom. The lowest BCUT2D eigenvalue weighted by atomic mass is 10.1. The van der Waals surface area contributed by atoms with E-state index in [1.807, 2.05) is 72.8 Å². The normalized spacial score (nSPS) is 15.5. The van der Waals surface area contributed by atoms with E-state index < -0.39 is 0 Å². The summed E-state index contributed by atoms with van der Waals surface area (Å²) in [7, 11) is 0. The SMILES string of the molecule is NCCC1CC=CN1c1ccc(Oc2cccc(Oc3ccccc3)c2)c(Cl)c1. The van der Waals surface area contributed by atoms with Crippen LogP contribution in [0.25, 0.3) is 0 Å². The minimum atomic E-state index is 0.384. The first-order valence-corrected chi connectivity index (χ1v) is 10.1. The van der Waals surface area contributed by atoms with Crippen molar-refractivity contribution >= 4 is 17.3 Å². The molecule has 1 unspecified atom stereocenters. The largest absolute Gasteiger partial charge is 0.457 e. The van der Waals surface area contributed by atoms with E-state index in [-0.39, 0.29) is 0 Å². The number of benzene rings is 3. The molecule has 3 aromatic carbocycles. The Morgan fingerprint density at radius 1 is 0.897 bits per heavy atom. The molecule has 0 amide bonds. The second kappa shape index (κ2) is 9.03. The van der Waals surface area contributed by atoms with Gasteiger partial charge in [-0.2, -0.15) is 0 Å². The highest BCUT2D eigenvalue weighted by molar-refractivity contribution is 6.32. The van der Waals surface area contributed by atoms with Crippen molar-refractivity contribution in [3.05, 3.63) is 90.1 Å². The molecule has 3 aromatic rings. The molecule has 4 rings (SSSR count). The van der Waals surface area contributed by atoms with Gasteiger partial charge in [0.05, 0.1) is 5.02 Å². The molecule has 1 heterocycles. The summed E-state index contributed by atoms with van der Waals surface area (Å²) in [4.78, 5) is 2.22. The maximum Gasteiger partial charge on any atom is 0.146 e. The van der Waals surface area contributed by atoms with Crippen molar-refractivity contribution < 1.29 is 9.47 Å². The molecule has 0 saturated carbocycles. The van der Waals surface area contributed by atoms with E-state index in [0.717, 1.165) is 24.3 Å². The van der Waals surface area contributed by atoms with Crippen LogP contribution in [0, 0.1) is 0 Å². The van der Waals surface area contributed by atoms with Crippen LogP contribution in [0.15, 0.2) is 85.1 Å². The fourth-order valence-corrected chi connectivity index (χ4v) is 3.61. The molecule has 0 fully saturated rings. The summed E-state index contributed by atoms with van der Waals surface area (Å²) in [5, 5.41) is 0.559. The summed E-state index contributed by atoms with van der Waals surface area (Å²) in [6, 6.07) is 23.4. The van der Waals surface area contributed by atoms with E-state index in [4.69, 9.17) is 26.8 Å². The van der Waals surface area contributed by atoms with Gasteiger partial charge in [-0.1, -0.05) is 41.9 Å². The molecule has 0 saturated heterocycles. The van der Waals surface area contributed by atoms with Crippen molar-refractivity contribution in [2.45, 2.75) is 18.9 Å². The van der Waals surface area contributed by atoms with Crippen LogP contribution < -0.4 is 20.1 Å². The van der Waals surface area contributed by atoms with Gasteiger partial charge in [-0.05, 0) is 61.9 Å². The zero-order valence-corrected chi connectivity index (χ0v) is 16.8. The Balaban J connectivity index is 1.48. The Hall–Kier alpha value is -2.95. The number of hydrogen-bond acceptors (Lipinski definition) is 4. The van der Waals surface area contributed by atoms with Crippen LogP contribution in [0.5, 0.6) is 23.0 Å². The van der Waals surface area contributed by atoms with Gasteiger partial charge in [-0.3, -0.25) is 0 Å². The summed E-state index contributed by atoms with van der Waals surface area (Å²) in [6.07, 6.45) is 6.20. The summed E-state index contributed by atoms with van der Waals surface area (Å²) in [5.74, 6) is 2.74. The highest BCUT2D eigenvalue weighted by Crippen LogP contribution is 2.36. The molecule has 1 aliphatic rings. The Kier molecular flexibility index (Phi) is 6.03. The van der Waals surface area contributed by atoms with Crippen LogP contribution in [0.2, 0.25) is 5.02 Å². The average molecular weight is 407 g/mol. The Morgan fingerprint density at radius 2 is 1.66 bits per heavy atom. The van der Waals surface area contributed by atoms with Crippen LogP contribution in [0.1, 0.15) is 12.8 Å². The van der Waals surface area contributed by atoms with Crippen LogP contribution in [-0.2, 0) is 0 Å². The highest BCUT2D eigenvalue weighted by Gasteiger charge is 2.20. The molecule has 5 heteroatoms. The molecule has 1 aliphatic heterocycles. The van der Waals surface area contributed by atoms with Crippen molar-refractivity contribution in [2.75, 3.05) is 11.4 Å². The number of rotatable bonds is 7. The van der Waals surface area contributed by atoms with Gasteiger partial charge in [0.25, 0.3) is 0 Å². The molecule has 29 heavy (non-hydrogen) atoms. The quantitative estimate of drug-likeness (QED) is 0.495. The molecule has 0 radical (unpaired) electrons. The minimum absolute atomic E-state index is 0.384. The van der Waals surface area contributed by atoms with Crippen molar-refractivity contribution in [1.82, 2.24) is 0 Å². The average Bonchev–Trinajstić information content (AvgIpc) is 3.19. The van der Waals surface area contributed by atoms with Gasteiger partial charge in [0.1, 0.15) is 23.0 Å². The van der Waals surface area contributed by atoms with E-state index >= 15 is 0 Å². The van der Waals surface area contributed by atoms with E-state index in [0.29, 0.717) is 34.9 Å². The van der Waals surface area contributed by atoms with Gasteiger partial charge < -0.3 is 20.1 Å². The van der Waals surface area contributed by atoms with Crippen LogP contribution in [-0.4, -0.2) is 12.6 Å². The Bertz CT molecular complexity index is 991. The predicted octanol–water partition coefficient (Wildman–Crippen LogP) is 6.37. The molecular weight excluding hydrogens is 384 g/mol. The van der Waals surface area contributed by atoms with E-state index in [9.17, 15) is 0 Å². The second-order valence-electron chi connectivity index (χ2n) is 6.87. The van der Waals surface area contributed by atoms with Gasteiger partial charge in [0, 0.05) is 24.0 Å². The smallest absolute Gasteiger partial charge is 0.146 e. The maximum atomic E-state index is 6.52. The third-order valence-corrected chi connectivity index (χ3v) is 5.09. The number of para-hydroxylation sites is 1. The standard InChI is InChI=1S/C24H23ClN2O2/c25-23-16-19(27-15-5-6-18(27)13-14-26)11-12-24(23)29-22-10-4-9-21(17-22)28-20-7-2-1-3-8-20/h1-5,7-12,15-18H,6,13-14,26H2. The van der Waals surface area contributed by atoms with Crippen molar-refractivity contribution in [2.24, 2.45) is 5.73 Å². The number of halogens is 1. The van der Waals surface area contributed by atoms with Crippen LogP contribution >= 0.6 is 11.6 Å². The van der Waals surface area contributed by atoms with E-state index in [1.54, 1.807) is 0 Å². The minimum Gasteiger partial charge on any atom is -0.457 e. The van der Waals surface area contributed by atoms with Crippen molar-refractivity contribution in [1.29, 1.82) is 0 Å². The van der Waals surface area contributed by atoms with Gasteiger partial charge in [0.2, 0.25) is 0 Å². The zero-order valence-electron chi connectivity index (χ0n) is 16.0. The second-order valence-corrected chi connectivity index (χ2v) is 7.27. The zero-order chi connectivity index (χ0) is 20.1. The molecule has 0 aliphatic carbocycles. The lowest BCUT2D eigenvalue weighted by Gasteiger charge is -2.26. The topological polar surface area (TPSA) is 47.7 Å². The third kappa shape index (κ3) is 4.73. The van der Waals surface area contributed by atoms with Gasteiger partial charge in [-0.15, -0.1) is 0 Å². The molecule has 2 N–H and O–H groups in total. The predicted molar refractivity (Wildman–Crippen MR) is 118 cm³/mol. The Labute approximate surface area is 176 Å². The third-order valence-electron chi connectivity index (χ3n) is 4.79. The van der Waals surface area contributed by atoms with E-state index in [1.165, 1.54) is 0 Å². The van der Waals surface area contributed by atoms with Crippen LogP contribution in [0.3, 0.4) is 0 Å². The molecule has 148 valence electrons. The first kappa shape index (κ1) is 19.4. The number of ether oxygens (including phenoxy) is 2. The number of nitrogens with zero attached hydrogens (tertiary/aromatic N) is 1. The van der Waals surface area contributed by atoms with Crippen molar-refractivity contribution in [3.63, 3.8) is 0 Å². The summed E-state index contributed by atoms with van der Waals surface area (Å²) < 4.78 is 11.9. The molecule has 4 nitrogen and oxygen atoms in total. The van der Waals surface area contributed by atoms with Crippen LogP contribution in [0.4, 0.5) is 5.69 Å². The summed E-state index contributed by atoms with van der Waals surface area (Å²) in [5.41, 5.74) is 6.78. The lowest BCUT2D eigenvalue weighted by Crippen LogP contribution is -2.28. The fraction of sp³-hybridized carbons (Fsp3) is 0.167. The number of anilines is 1. The lowest BCUT2D eigenvalue weighted by molar-refractivity contribution is 0.460. The summed E-state index contributed by atoms with van der Waals surface area (Å²) in [6.45, 7) is 0.666.